The lowest BCUT2D eigenvalue weighted by molar-refractivity contribution is 0.582. The van der Waals surface area contributed by atoms with Crippen molar-refractivity contribution in [3.63, 3.8) is 0 Å². The van der Waals surface area contributed by atoms with E-state index in [-0.39, 0.29) is 0 Å². The highest BCUT2D eigenvalue weighted by Crippen LogP contribution is 1.96. The first-order chi connectivity index (χ1) is 7.51. The molecule has 0 aliphatic carbocycles. The van der Waals surface area contributed by atoms with Gasteiger partial charge in [0.2, 0.25) is 10.0 Å². The van der Waals surface area contributed by atoms with Gasteiger partial charge in [0.1, 0.15) is 0 Å². The van der Waals surface area contributed by atoms with E-state index in [1.807, 2.05) is 6.20 Å². The molecule has 16 heavy (non-hydrogen) atoms. The third kappa shape index (κ3) is 5.06. The number of hydrogen-bond acceptors (Lipinski definition) is 4. The molecule has 6 nitrogen and oxygen atoms in total. The van der Waals surface area contributed by atoms with Crippen molar-refractivity contribution >= 4 is 16.2 Å². The van der Waals surface area contributed by atoms with Crippen LogP contribution in [0.4, 0.5) is 0 Å². The Morgan fingerprint density at radius 3 is 2.88 bits per heavy atom. The molecule has 0 atom stereocenters. The maximum atomic E-state index is 10.7. The lowest BCUT2D eigenvalue weighted by Gasteiger charge is -2.03. The molecule has 0 saturated heterocycles. The minimum atomic E-state index is -3.09. The van der Waals surface area contributed by atoms with Gasteiger partial charge in [-0.2, -0.15) is 5.10 Å². The molecule has 0 saturated carbocycles. The van der Waals surface area contributed by atoms with Crippen LogP contribution in [0.15, 0.2) is 19.0 Å². The maximum Gasteiger partial charge on any atom is 0.208 e. The molecule has 0 aromatic carbocycles. The van der Waals surface area contributed by atoms with E-state index in [2.05, 4.69) is 21.7 Å². The quantitative estimate of drug-likeness (QED) is 0.641. The summed E-state index contributed by atoms with van der Waals surface area (Å²) in [5.41, 5.74) is 1.03. The Morgan fingerprint density at radius 2 is 2.31 bits per heavy atom. The molecule has 0 aliphatic rings. The van der Waals surface area contributed by atoms with Crippen LogP contribution in [-0.2, 0) is 16.6 Å². The summed E-state index contributed by atoms with van der Waals surface area (Å²) in [6.07, 6.45) is 6.33. The fourth-order valence-corrected chi connectivity index (χ4v) is 1.60. The summed E-state index contributed by atoms with van der Waals surface area (Å²) in [4.78, 5) is 0. The predicted molar refractivity (Wildman–Crippen MR) is 63.2 cm³/mol. The van der Waals surface area contributed by atoms with Gasteiger partial charge < -0.3 is 5.32 Å². The molecule has 2 N–H and O–H groups in total. The van der Waals surface area contributed by atoms with Crippen LogP contribution in [-0.4, -0.2) is 37.5 Å². The Bertz CT molecular complexity index is 438. The Morgan fingerprint density at radius 1 is 1.56 bits per heavy atom. The molecule has 1 aromatic heterocycles. The predicted octanol–water partition coefficient (Wildman–Crippen LogP) is -0.378. The number of hydrogen-bond donors (Lipinski definition) is 2. The van der Waals surface area contributed by atoms with E-state index in [1.54, 1.807) is 17.1 Å². The maximum absolute atomic E-state index is 10.7. The van der Waals surface area contributed by atoms with Crippen molar-refractivity contribution in [1.29, 1.82) is 0 Å². The summed E-state index contributed by atoms with van der Waals surface area (Å²) in [6, 6.07) is 0. The fraction of sp³-hybridized carbons (Fsp3) is 0.444. The molecule has 1 heterocycles. The summed E-state index contributed by atoms with van der Waals surface area (Å²) in [5.74, 6) is 0. The smallest absolute Gasteiger partial charge is 0.208 e. The van der Waals surface area contributed by atoms with Crippen molar-refractivity contribution < 1.29 is 8.42 Å². The molecule has 90 valence electrons. The van der Waals surface area contributed by atoms with Gasteiger partial charge in [0.25, 0.3) is 0 Å². The van der Waals surface area contributed by atoms with E-state index in [4.69, 9.17) is 0 Å². The Hall–Kier alpha value is -1.18. The number of rotatable bonds is 7. The zero-order chi connectivity index (χ0) is 12.0. The van der Waals surface area contributed by atoms with Crippen LogP contribution < -0.4 is 10.0 Å². The van der Waals surface area contributed by atoms with Gasteiger partial charge in [-0.15, -0.1) is 0 Å². The minimum Gasteiger partial charge on any atom is -0.311 e. The van der Waals surface area contributed by atoms with Crippen LogP contribution in [0.3, 0.4) is 0 Å². The molecular formula is C9H16N4O2S. The second-order valence-corrected chi connectivity index (χ2v) is 5.19. The molecule has 7 heteroatoms. The summed E-state index contributed by atoms with van der Waals surface area (Å²) in [6.45, 7) is 5.20. The molecule has 0 aliphatic heterocycles. The van der Waals surface area contributed by atoms with E-state index in [9.17, 15) is 8.42 Å². The highest BCUT2D eigenvalue weighted by molar-refractivity contribution is 7.88. The highest BCUT2D eigenvalue weighted by Gasteiger charge is 1.99. The second-order valence-electron chi connectivity index (χ2n) is 3.35. The molecule has 0 amide bonds. The SMILES string of the molecule is C=Cn1cc(CNCCNS(C)(=O)=O)cn1. The molecular weight excluding hydrogens is 228 g/mol. The van der Waals surface area contributed by atoms with Crippen LogP contribution in [0.1, 0.15) is 5.56 Å². The molecule has 0 unspecified atom stereocenters. The fourth-order valence-electron chi connectivity index (χ4n) is 1.13. The van der Waals surface area contributed by atoms with Crippen molar-refractivity contribution in [2.24, 2.45) is 0 Å². The Kier molecular flexibility index (Phi) is 4.66. The zero-order valence-electron chi connectivity index (χ0n) is 9.18. The number of aromatic nitrogens is 2. The summed E-state index contributed by atoms with van der Waals surface area (Å²) < 4.78 is 25.5. The van der Waals surface area contributed by atoms with Gasteiger partial charge in [0.15, 0.2) is 0 Å². The van der Waals surface area contributed by atoms with E-state index in [1.165, 1.54) is 0 Å². The van der Waals surface area contributed by atoms with Gasteiger partial charge in [-0.05, 0) is 0 Å². The first kappa shape index (κ1) is 12.9. The summed E-state index contributed by atoms with van der Waals surface area (Å²) >= 11 is 0. The van der Waals surface area contributed by atoms with Crippen LogP contribution in [0.2, 0.25) is 0 Å². The van der Waals surface area contributed by atoms with E-state index in [0.717, 1.165) is 11.8 Å². The minimum absolute atomic E-state index is 0.383. The van der Waals surface area contributed by atoms with Crippen molar-refractivity contribution in [2.75, 3.05) is 19.3 Å². The average Bonchev–Trinajstić information content (AvgIpc) is 2.63. The Balaban J connectivity index is 2.18. The molecule has 0 bridgehead atoms. The average molecular weight is 244 g/mol. The standard InChI is InChI=1S/C9H16N4O2S/c1-3-13-8-9(7-11-13)6-10-4-5-12-16(2,14)15/h3,7-8,10,12H,1,4-6H2,2H3. The van der Waals surface area contributed by atoms with Crippen molar-refractivity contribution in [1.82, 2.24) is 19.8 Å². The number of nitrogens with one attached hydrogen (secondary N) is 2. The monoisotopic (exact) mass is 244 g/mol. The van der Waals surface area contributed by atoms with Gasteiger partial charge in [-0.3, -0.25) is 0 Å². The largest absolute Gasteiger partial charge is 0.311 e. The number of nitrogens with zero attached hydrogens (tertiary/aromatic N) is 2. The lowest BCUT2D eigenvalue weighted by atomic mass is 10.3. The van der Waals surface area contributed by atoms with Crippen molar-refractivity contribution in [2.45, 2.75) is 6.54 Å². The van der Waals surface area contributed by atoms with E-state index < -0.39 is 10.0 Å². The lowest BCUT2D eigenvalue weighted by Crippen LogP contribution is -2.30. The number of sulfonamides is 1. The second kappa shape index (κ2) is 5.78. The summed E-state index contributed by atoms with van der Waals surface area (Å²) in [5, 5.41) is 7.12. The van der Waals surface area contributed by atoms with Gasteiger partial charge in [0.05, 0.1) is 12.5 Å². The van der Waals surface area contributed by atoms with Crippen molar-refractivity contribution in [3.8, 4) is 0 Å². The molecule has 1 rings (SSSR count). The third-order valence-corrected chi connectivity index (χ3v) is 2.57. The molecule has 0 fully saturated rings. The topological polar surface area (TPSA) is 76.0 Å². The van der Waals surface area contributed by atoms with Crippen LogP contribution in [0, 0.1) is 0 Å². The first-order valence-corrected chi connectivity index (χ1v) is 6.71. The highest BCUT2D eigenvalue weighted by atomic mass is 32.2. The van der Waals surface area contributed by atoms with Gasteiger partial charge in [-0.25, -0.2) is 17.8 Å². The zero-order valence-corrected chi connectivity index (χ0v) is 10.00. The Labute approximate surface area is 95.4 Å². The van der Waals surface area contributed by atoms with Gasteiger partial charge in [0, 0.05) is 37.6 Å². The van der Waals surface area contributed by atoms with Gasteiger partial charge >= 0.3 is 0 Å². The molecule has 0 spiro atoms. The molecule has 0 radical (unpaired) electrons. The van der Waals surface area contributed by atoms with Crippen LogP contribution in [0.5, 0.6) is 0 Å². The van der Waals surface area contributed by atoms with Crippen LogP contribution in [0.25, 0.3) is 6.20 Å². The normalized spacial score (nSPS) is 11.6. The van der Waals surface area contributed by atoms with Crippen LogP contribution >= 0.6 is 0 Å². The van der Waals surface area contributed by atoms with E-state index >= 15 is 0 Å². The van der Waals surface area contributed by atoms with Gasteiger partial charge in [-0.1, -0.05) is 6.58 Å². The van der Waals surface area contributed by atoms with Crippen molar-refractivity contribution in [3.05, 3.63) is 24.5 Å². The third-order valence-electron chi connectivity index (χ3n) is 1.84. The first-order valence-electron chi connectivity index (χ1n) is 4.82. The summed E-state index contributed by atoms with van der Waals surface area (Å²) in [7, 11) is -3.09. The van der Waals surface area contributed by atoms with E-state index in [0.29, 0.717) is 19.6 Å². The molecule has 1 aromatic rings.